The normalized spacial score (nSPS) is 11.8. The summed E-state index contributed by atoms with van der Waals surface area (Å²) in [7, 11) is 1.62. The van der Waals surface area contributed by atoms with Crippen LogP contribution < -0.4 is 10.1 Å². The van der Waals surface area contributed by atoms with Gasteiger partial charge in [-0.15, -0.1) is 0 Å². The van der Waals surface area contributed by atoms with Crippen molar-refractivity contribution in [2.24, 2.45) is 0 Å². The van der Waals surface area contributed by atoms with Crippen LogP contribution in [0.1, 0.15) is 38.3 Å². The fraction of sp³-hybridized carbons (Fsp3) is 0.417. The maximum absolute atomic E-state index is 13.0. The van der Waals surface area contributed by atoms with Gasteiger partial charge in [-0.25, -0.2) is 0 Å². The van der Waals surface area contributed by atoms with Crippen LogP contribution in [-0.2, 0) is 21.9 Å². The van der Waals surface area contributed by atoms with E-state index in [0.29, 0.717) is 18.7 Å². The Morgan fingerprint density at radius 1 is 1.00 bits per heavy atom. The molecular weight excluding hydrogens is 396 g/mol. The quantitative estimate of drug-likeness (QED) is 0.543. The predicted octanol–water partition coefficient (Wildman–Crippen LogP) is 4.26. The monoisotopic (exact) mass is 428 g/mol. The molecule has 6 heteroatoms. The molecule has 0 aliphatic heterocycles. The Morgan fingerprint density at radius 2 is 1.67 bits per heavy atom. The Hall–Kier alpha value is -2.47. The van der Waals surface area contributed by atoms with E-state index >= 15 is 0 Å². The summed E-state index contributed by atoms with van der Waals surface area (Å²) >= 11 is 1.73. The van der Waals surface area contributed by atoms with Gasteiger partial charge in [0.15, 0.2) is 0 Å². The average molecular weight is 429 g/mol. The van der Waals surface area contributed by atoms with Gasteiger partial charge in [0.2, 0.25) is 11.8 Å². The number of benzene rings is 2. The fourth-order valence-electron chi connectivity index (χ4n) is 2.98. The number of hydrogen-bond donors (Lipinski definition) is 1. The molecular formula is C24H32N2O3S. The summed E-state index contributed by atoms with van der Waals surface area (Å²) in [6, 6.07) is 17.3. The van der Waals surface area contributed by atoms with Crippen LogP contribution in [0.3, 0.4) is 0 Å². The van der Waals surface area contributed by atoms with Crippen molar-refractivity contribution in [1.29, 1.82) is 0 Å². The van der Waals surface area contributed by atoms with Crippen LogP contribution in [0.15, 0.2) is 54.6 Å². The van der Waals surface area contributed by atoms with Crippen LogP contribution in [0.5, 0.6) is 5.75 Å². The standard InChI is InChI=1S/C24H32N2O3S/c1-18(2)25-24(28)19(3)26(16-20-10-12-22(29-4)13-11-20)23(27)14-15-30-17-21-8-6-5-7-9-21/h5-13,18-19H,14-17H2,1-4H3,(H,25,28)/t19-/m0/s1. The first-order valence-electron chi connectivity index (χ1n) is 10.2. The Labute approximate surface area is 184 Å². The van der Waals surface area contributed by atoms with Gasteiger partial charge in [-0.3, -0.25) is 9.59 Å². The average Bonchev–Trinajstić information content (AvgIpc) is 2.75. The molecule has 0 spiro atoms. The van der Waals surface area contributed by atoms with Crippen LogP contribution in [-0.4, -0.2) is 41.7 Å². The van der Waals surface area contributed by atoms with E-state index in [1.807, 2.05) is 56.3 Å². The van der Waals surface area contributed by atoms with Gasteiger partial charge < -0.3 is 15.0 Å². The first-order chi connectivity index (χ1) is 14.4. The Balaban J connectivity index is 2.00. The molecule has 0 saturated carbocycles. The number of carbonyl (C=O) groups is 2. The molecule has 0 aromatic heterocycles. The zero-order valence-corrected chi connectivity index (χ0v) is 19.1. The molecule has 2 amide bonds. The minimum Gasteiger partial charge on any atom is -0.497 e. The van der Waals surface area contributed by atoms with E-state index in [1.54, 1.807) is 30.7 Å². The number of ether oxygens (including phenoxy) is 1. The topological polar surface area (TPSA) is 58.6 Å². The second-order valence-corrected chi connectivity index (χ2v) is 8.60. The molecule has 0 fully saturated rings. The van der Waals surface area contributed by atoms with Gasteiger partial charge in [-0.2, -0.15) is 11.8 Å². The van der Waals surface area contributed by atoms with E-state index in [4.69, 9.17) is 4.74 Å². The number of hydrogen-bond acceptors (Lipinski definition) is 4. The van der Waals surface area contributed by atoms with E-state index < -0.39 is 6.04 Å². The van der Waals surface area contributed by atoms with E-state index in [-0.39, 0.29) is 17.9 Å². The summed E-state index contributed by atoms with van der Waals surface area (Å²) in [5, 5.41) is 2.91. The van der Waals surface area contributed by atoms with Gasteiger partial charge >= 0.3 is 0 Å². The van der Waals surface area contributed by atoms with Gasteiger partial charge in [0.1, 0.15) is 11.8 Å². The lowest BCUT2D eigenvalue weighted by Gasteiger charge is -2.29. The lowest BCUT2D eigenvalue weighted by Crippen LogP contribution is -2.49. The smallest absolute Gasteiger partial charge is 0.242 e. The van der Waals surface area contributed by atoms with Crippen molar-refractivity contribution in [2.75, 3.05) is 12.9 Å². The molecule has 30 heavy (non-hydrogen) atoms. The number of nitrogens with zero attached hydrogens (tertiary/aromatic N) is 1. The Bertz CT molecular complexity index is 794. The molecule has 162 valence electrons. The molecule has 2 rings (SSSR count). The SMILES string of the molecule is COc1ccc(CN(C(=O)CCSCc2ccccc2)[C@@H](C)C(=O)NC(C)C)cc1. The van der Waals surface area contributed by atoms with Crippen LogP contribution in [0.25, 0.3) is 0 Å². The zero-order chi connectivity index (χ0) is 21.9. The zero-order valence-electron chi connectivity index (χ0n) is 18.3. The van der Waals surface area contributed by atoms with Crippen molar-refractivity contribution in [3.63, 3.8) is 0 Å². The number of methoxy groups -OCH3 is 1. The van der Waals surface area contributed by atoms with Gasteiger partial charge in [-0.05, 0) is 44.0 Å². The van der Waals surface area contributed by atoms with Crippen molar-refractivity contribution < 1.29 is 14.3 Å². The van der Waals surface area contributed by atoms with Gasteiger partial charge in [0.05, 0.1) is 7.11 Å². The second-order valence-electron chi connectivity index (χ2n) is 7.50. The number of thioether (sulfide) groups is 1. The van der Waals surface area contributed by atoms with Gasteiger partial charge in [0, 0.05) is 30.5 Å². The highest BCUT2D eigenvalue weighted by Crippen LogP contribution is 2.18. The van der Waals surface area contributed by atoms with Crippen LogP contribution in [0.2, 0.25) is 0 Å². The maximum Gasteiger partial charge on any atom is 0.242 e. The molecule has 1 atom stereocenters. The third kappa shape index (κ3) is 7.75. The lowest BCUT2D eigenvalue weighted by atomic mass is 10.1. The van der Waals surface area contributed by atoms with Crippen molar-refractivity contribution in [3.8, 4) is 5.75 Å². The Kier molecular flexibility index (Phi) is 9.74. The molecule has 0 heterocycles. The number of nitrogens with one attached hydrogen (secondary N) is 1. The van der Waals surface area contributed by atoms with Gasteiger partial charge in [0.25, 0.3) is 0 Å². The summed E-state index contributed by atoms with van der Waals surface area (Å²) in [4.78, 5) is 27.3. The molecule has 0 aliphatic carbocycles. The van der Waals surface area contributed by atoms with Crippen LogP contribution >= 0.6 is 11.8 Å². The predicted molar refractivity (Wildman–Crippen MR) is 124 cm³/mol. The highest BCUT2D eigenvalue weighted by molar-refractivity contribution is 7.98. The highest BCUT2D eigenvalue weighted by atomic mass is 32.2. The first-order valence-corrected chi connectivity index (χ1v) is 11.4. The van der Waals surface area contributed by atoms with E-state index in [0.717, 1.165) is 17.1 Å². The first kappa shape index (κ1) is 23.8. The van der Waals surface area contributed by atoms with Crippen molar-refractivity contribution in [2.45, 2.75) is 51.6 Å². The summed E-state index contributed by atoms with van der Waals surface area (Å²) in [5.41, 5.74) is 2.21. The van der Waals surface area contributed by atoms with E-state index in [9.17, 15) is 9.59 Å². The molecule has 2 aromatic rings. The molecule has 0 unspecified atom stereocenters. The number of amides is 2. The molecule has 0 radical (unpaired) electrons. The van der Waals surface area contributed by atoms with Crippen molar-refractivity contribution >= 4 is 23.6 Å². The number of rotatable bonds is 11. The second kappa shape index (κ2) is 12.3. The summed E-state index contributed by atoms with van der Waals surface area (Å²) in [5.74, 6) is 2.20. The maximum atomic E-state index is 13.0. The molecule has 1 N–H and O–H groups in total. The van der Waals surface area contributed by atoms with E-state index in [1.165, 1.54) is 5.56 Å². The minimum absolute atomic E-state index is 0.0159. The summed E-state index contributed by atoms with van der Waals surface area (Å²) in [6.45, 7) is 6.01. The summed E-state index contributed by atoms with van der Waals surface area (Å²) < 4.78 is 5.21. The highest BCUT2D eigenvalue weighted by Gasteiger charge is 2.26. The molecule has 0 bridgehead atoms. The largest absolute Gasteiger partial charge is 0.497 e. The van der Waals surface area contributed by atoms with Crippen molar-refractivity contribution in [1.82, 2.24) is 10.2 Å². The van der Waals surface area contributed by atoms with Crippen LogP contribution in [0.4, 0.5) is 0 Å². The molecule has 5 nitrogen and oxygen atoms in total. The minimum atomic E-state index is -0.541. The summed E-state index contributed by atoms with van der Waals surface area (Å²) in [6.07, 6.45) is 0.396. The fourth-order valence-corrected chi connectivity index (χ4v) is 3.87. The van der Waals surface area contributed by atoms with Crippen molar-refractivity contribution in [3.05, 3.63) is 65.7 Å². The van der Waals surface area contributed by atoms with Crippen LogP contribution in [0, 0.1) is 0 Å². The van der Waals surface area contributed by atoms with E-state index in [2.05, 4.69) is 17.4 Å². The number of carbonyl (C=O) groups excluding carboxylic acids is 2. The Morgan fingerprint density at radius 3 is 2.27 bits per heavy atom. The molecule has 2 aromatic carbocycles. The third-order valence-corrected chi connectivity index (χ3v) is 5.71. The molecule has 0 saturated heterocycles. The third-order valence-electron chi connectivity index (χ3n) is 4.68. The lowest BCUT2D eigenvalue weighted by molar-refractivity contribution is -0.140. The molecule has 0 aliphatic rings. The van der Waals surface area contributed by atoms with Gasteiger partial charge in [-0.1, -0.05) is 42.5 Å².